The molecule has 7 heteroatoms. The van der Waals surface area contributed by atoms with Gasteiger partial charge >= 0.3 is 0 Å². The van der Waals surface area contributed by atoms with Gasteiger partial charge in [-0.15, -0.1) is 11.6 Å². The fourth-order valence-electron chi connectivity index (χ4n) is 4.57. The summed E-state index contributed by atoms with van der Waals surface area (Å²) in [6, 6.07) is 14.6. The number of carbonyl (C=O) groups is 2. The van der Waals surface area contributed by atoms with Crippen molar-refractivity contribution in [1.82, 2.24) is 10.2 Å². The lowest BCUT2D eigenvalue weighted by Crippen LogP contribution is -2.47. The van der Waals surface area contributed by atoms with Crippen LogP contribution in [0.2, 0.25) is 0 Å². The van der Waals surface area contributed by atoms with Gasteiger partial charge in [-0.05, 0) is 42.5 Å². The number of alkyl halides is 1. The molecule has 34 heavy (non-hydrogen) atoms. The van der Waals surface area contributed by atoms with E-state index in [9.17, 15) is 9.59 Å². The number of benzene rings is 2. The fraction of sp³-hybridized carbons (Fsp3) is 0.481. The number of hydrogen-bond acceptors (Lipinski definition) is 4. The van der Waals surface area contributed by atoms with Crippen LogP contribution >= 0.6 is 11.6 Å². The average molecular weight is 487 g/mol. The summed E-state index contributed by atoms with van der Waals surface area (Å²) in [6.45, 7) is 0.368. The van der Waals surface area contributed by atoms with Gasteiger partial charge in [0.15, 0.2) is 11.5 Å². The number of rotatable bonds is 10. The monoisotopic (exact) mass is 486 g/mol. The highest BCUT2D eigenvalue weighted by molar-refractivity contribution is 6.27. The average Bonchev–Trinajstić information content (AvgIpc) is 3.14. The molecule has 2 aromatic rings. The highest BCUT2D eigenvalue weighted by atomic mass is 35.5. The molecule has 0 aliphatic heterocycles. The van der Waals surface area contributed by atoms with E-state index in [1.807, 2.05) is 36.4 Å². The summed E-state index contributed by atoms with van der Waals surface area (Å²) in [7, 11) is 3.12. The van der Waals surface area contributed by atoms with Crippen molar-refractivity contribution in [3.63, 3.8) is 0 Å². The zero-order valence-corrected chi connectivity index (χ0v) is 20.9. The van der Waals surface area contributed by atoms with Crippen molar-refractivity contribution in [2.24, 2.45) is 0 Å². The second kappa shape index (κ2) is 13.2. The van der Waals surface area contributed by atoms with Crippen LogP contribution in [0.25, 0.3) is 0 Å². The van der Waals surface area contributed by atoms with Gasteiger partial charge in [-0.2, -0.15) is 0 Å². The SMILES string of the molecule is COc1ccc([C@@H](C(=O)NC2CCCCCC2)N(CCc2ccccc2)C(=O)CCl)cc1OC. The van der Waals surface area contributed by atoms with Crippen molar-refractivity contribution in [2.75, 3.05) is 26.6 Å². The van der Waals surface area contributed by atoms with Crippen molar-refractivity contribution >= 4 is 23.4 Å². The highest BCUT2D eigenvalue weighted by Gasteiger charge is 2.33. The minimum Gasteiger partial charge on any atom is -0.493 e. The van der Waals surface area contributed by atoms with Crippen LogP contribution in [0.5, 0.6) is 11.5 Å². The smallest absolute Gasteiger partial charge is 0.247 e. The predicted octanol–water partition coefficient (Wildman–Crippen LogP) is 4.89. The summed E-state index contributed by atoms with van der Waals surface area (Å²) in [5, 5.41) is 3.23. The van der Waals surface area contributed by atoms with Gasteiger partial charge < -0.3 is 19.7 Å². The molecule has 1 N–H and O–H groups in total. The predicted molar refractivity (Wildman–Crippen MR) is 134 cm³/mol. The molecule has 1 saturated carbocycles. The Morgan fingerprint density at radius 2 is 1.68 bits per heavy atom. The van der Waals surface area contributed by atoms with Crippen molar-refractivity contribution in [3.8, 4) is 11.5 Å². The first-order valence-corrected chi connectivity index (χ1v) is 12.5. The molecule has 1 atom stereocenters. The lowest BCUT2D eigenvalue weighted by Gasteiger charge is -2.32. The molecule has 0 unspecified atom stereocenters. The number of hydrogen-bond donors (Lipinski definition) is 1. The molecule has 6 nitrogen and oxygen atoms in total. The maximum Gasteiger partial charge on any atom is 0.247 e. The molecule has 0 saturated heterocycles. The first kappa shape index (κ1) is 25.9. The van der Waals surface area contributed by atoms with Gasteiger partial charge in [-0.25, -0.2) is 0 Å². The van der Waals surface area contributed by atoms with Gasteiger partial charge in [-0.3, -0.25) is 9.59 Å². The number of ether oxygens (including phenoxy) is 2. The van der Waals surface area contributed by atoms with Gasteiger partial charge in [0.1, 0.15) is 11.9 Å². The second-order valence-corrected chi connectivity index (χ2v) is 8.94. The Hall–Kier alpha value is -2.73. The summed E-state index contributed by atoms with van der Waals surface area (Å²) < 4.78 is 10.9. The van der Waals surface area contributed by atoms with Gasteiger partial charge in [0.2, 0.25) is 11.8 Å². The van der Waals surface area contributed by atoms with Crippen molar-refractivity contribution in [1.29, 1.82) is 0 Å². The van der Waals surface area contributed by atoms with E-state index in [0.717, 1.165) is 31.2 Å². The maximum atomic E-state index is 13.7. The van der Waals surface area contributed by atoms with Crippen LogP contribution in [0.1, 0.15) is 55.7 Å². The Labute approximate surface area is 207 Å². The molecule has 0 heterocycles. The minimum atomic E-state index is -0.821. The molecule has 1 aliphatic rings. The van der Waals surface area contributed by atoms with Crippen molar-refractivity contribution < 1.29 is 19.1 Å². The third kappa shape index (κ3) is 6.89. The normalized spacial score (nSPS) is 15.1. The molecule has 0 radical (unpaired) electrons. The van der Waals surface area contributed by atoms with Gasteiger partial charge in [0, 0.05) is 12.6 Å². The Morgan fingerprint density at radius 3 is 2.29 bits per heavy atom. The molecule has 0 aromatic heterocycles. The molecule has 2 amide bonds. The standard InChI is InChI=1S/C27H35ClN2O4/c1-33-23-15-14-21(18-24(23)34-2)26(27(32)29-22-12-8-3-4-9-13-22)30(25(31)19-28)17-16-20-10-6-5-7-11-20/h5-7,10-11,14-15,18,22,26H,3-4,8-9,12-13,16-17,19H2,1-2H3,(H,29,32)/t26-/m0/s1. The molecule has 1 fully saturated rings. The first-order valence-electron chi connectivity index (χ1n) is 12.0. The summed E-state index contributed by atoms with van der Waals surface area (Å²) in [6.07, 6.45) is 7.12. The summed E-state index contributed by atoms with van der Waals surface area (Å²) in [5.41, 5.74) is 1.75. The van der Waals surface area contributed by atoms with Crippen LogP contribution in [-0.2, 0) is 16.0 Å². The van der Waals surface area contributed by atoms with E-state index in [4.69, 9.17) is 21.1 Å². The first-order chi connectivity index (χ1) is 16.6. The summed E-state index contributed by atoms with van der Waals surface area (Å²) >= 11 is 6.02. The zero-order valence-electron chi connectivity index (χ0n) is 20.1. The van der Waals surface area contributed by atoms with Crippen LogP contribution in [0, 0.1) is 0 Å². The van der Waals surface area contributed by atoms with E-state index in [1.165, 1.54) is 12.8 Å². The van der Waals surface area contributed by atoms with Crippen molar-refractivity contribution in [3.05, 3.63) is 59.7 Å². The Bertz CT molecular complexity index is 929. The Kier molecular flexibility index (Phi) is 10.1. The number of halogens is 1. The number of carbonyl (C=O) groups excluding carboxylic acids is 2. The third-order valence-corrected chi connectivity index (χ3v) is 6.63. The molecule has 3 rings (SSSR count). The van der Waals surface area contributed by atoms with Crippen LogP contribution in [0.3, 0.4) is 0 Å². The minimum absolute atomic E-state index is 0.111. The lowest BCUT2D eigenvalue weighted by molar-refractivity contribution is -0.139. The van der Waals surface area contributed by atoms with Gasteiger partial charge in [0.05, 0.1) is 14.2 Å². The highest BCUT2D eigenvalue weighted by Crippen LogP contribution is 2.33. The summed E-state index contributed by atoms with van der Waals surface area (Å²) in [5.74, 6) is 0.399. The van der Waals surface area contributed by atoms with Crippen LogP contribution in [0.15, 0.2) is 48.5 Å². The maximum absolute atomic E-state index is 13.7. The topological polar surface area (TPSA) is 67.9 Å². The number of nitrogens with zero attached hydrogens (tertiary/aromatic N) is 1. The second-order valence-electron chi connectivity index (χ2n) is 8.67. The van der Waals surface area contributed by atoms with E-state index in [0.29, 0.717) is 30.0 Å². The van der Waals surface area contributed by atoms with Crippen molar-refractivity contribution in [2.45, 2.75) is 57.0 Å². The fourth-order valence-corrected chi connectivity index (χ4v) is 4.72. The molecular weight excluding hydrogens is 452 g/mol. The molecule has 0 bridgehead atoms. The zero-order chi connectivity index (χ0) is 24.3. The van der Waals surface area contributed by atoms with E-state index >= 15 is 0 Å². The largest absolute Gasteiger partial charge is 0.493 e. The number of methoxy groups -OCH3 is 2. The molecule has 184 valence electrons. The van der Waals surface area contributed by atoms with E-state index in [-0.39, 0.29) is 23.7 Å². The van der Waals surface area contributed by atoms with Gasteiger partial charge in [-0.1, -0.05) is 62.1 Å². The number of nitrogens with one attached hydrogen (secondary N) is 1. The Morgan fingerprint density at radius 1 is 1.00 bits per heavy atom. The van der Waals surface area contributed by atoms with Crippen LogP contribution < -0.4 is 14.8 Å². The van der Waals surface area contributed by atoms with Crippen LogP contribution in [-0.4, -0.2) is 49.4 Å². The Balaban J connectivity index is 1.94. The lowest BCUT2D eigenvalue weighted by atomic mass is 10.0. The van der Waals surface area contributed by atoms with E-state index < -0.39 is 6.04 Å². The quantitative estimate of drug-likeness (QED) is 0.383. The molecule has 0 spiro atoms. The third-order valence-electron chi connectivity index (χ3n) is 6.40. The van der Waals surface area contributed by atoms with Gasteiger partial charge in [0.25, 0.3) is 0 Å². The molecular formula is C27H35ClN2O4. The molecule has 2 aromatic carbocycles. The van der Waals surface area contributed by atoms with E-state index in [2.05, 4.69) is 5.32 Å². The summed E-state index contributed by atoms with van der Waals surface area (Å²) in [4.78, 5) is 28.4. The van der Waals surface area contributed by atoms with Crippen LogP contribution in [0.4, 0.5) is 0 Å². The molecule has 1 aliphatic carbocycles. The van der Waals surface area contributed by atoms with E-state index in [1.54, 1.807) is 31.3 Å². The number of amides is 2.